The lowest BCUT2D eigenvalue weighted by Crippen LogP contribution is -1.83. The van der Waals surface area contributed by atoms with E-state index in [0.717, 1.165) is 23.3 Å². The van der Waals surface area contributed by atoms with E-state index in [1.165, 1.54) is 11.1 Å². The van der Waals surface area contributed by atoms with Crippen LogP contribution >= 0.6 is 0 Å². The lowest BCUT2D eigenvalue weighted by Gasteiger charge is -2.02. The molecule has 0 atom stereocenters. The summed E-state index contributed by atoms with van der Waals surface area (Å²) in [5.74, 6) is -2.50. The predicted molar refractivity (Wildman–Crippen MR) is 89.5 cm³/mol. The van der Waals surface area contributed by atoms with Gasteiger partial charge in [0.1, 0.15) is 6.67 Å². The summed E-state index contributed by atoms with van der Waals surface area (Å²) in [5.41, 5.74) is 4.28. The molecule has 0 aliphatic rings. The highest BCUT2D eigenvalue weighted by atomic mass is 19.3. The van der Waals surface area contributed by atoms with Crippen LogP contribution in [0.3, 0.4) is 0 Å². The van der Waals surface area contributed by atoms with Crippen LogP contribution < -0.4 is 4.94 Å². The first-order valence-electron chi connectivity index (χ1n) is 7.49. The van der Waals surface area contributed by atoms with Gasteiger partial charge in [0, 0.05) is 10.6 Å². The Hall–Kier alpha value is -2.82. The van der Waals surface area contributed by atoms with Crippen LogP contribution in [0.15, 0.2) is 66.7 Å². The van der Waals surface area contributed by atoms with Crippen LogP contribution in [0.5, 0.6) is 5.75 Å². The standard InChI is InChI=1S/C14H13F.C6H3F3O/c1-11-2-6-13(7-3-11)14-8-4-12(10-15)5-9-14;7-5-2-1-4(10-9)3-6(5)8/h2-9H,10H2,1H3;1-3H. The minimum Gasteiger partial charge on any atom is -0.294 e. The first-order valence-corrected chi connectivity index (χ1v) is 7.49. The van der Waals surface area contributed by atoms with E-state index in [4.69, 9.17) is 0 Å². The van der Waals surface area contributed by atoms with Gasteiger partial charge in [0.15, 0.2) is 17.4 Å². The molecule has 0 radical (unpaired) electrons. The SMILES string of the molecule is Cc1ccc(-c2ccc(CF)cc2)cc1.FOc1ccc(F)c(F)c1. The van der Waals surface area contributed by atoms with Crippen molar-refractivity contribution in [1.29, 1.82) is 0 Å². The molecule has 1 nitrogen and oxygen atoms in total. The molecule has 25 heavy (non-hydrogen) atoms. The minimum atomic E-state index is -1.13. The predicted octanol–water partition coefficient (Wildman–Crippen LogP) is 6.36. The summed E-state index contributed by atoms with van der Waals surface area (Å²) in [4.78, 5) is 3.14. The molecule has 5 heteroatoms. The van der Waals surface area contributed by atoms with Crippen molar-refractivity contribution < 1.29 is 22.6 Å². The fourth-order valence-corrected chi connectivity index (χ4v) is 2.06. The Morgan fingerprint density at radius 2 is 1.32 bits per heavy atom. The van der Waals surface area contributed by atoms with E-state index in [9.17, 15) is 17.7 Å². The quantitative estimate of drug-likeness (QED) is 0.501. The summed E-state index contributed by atoms with van der Waals surface area (Å²) >= 11 is 0. The molecule has 3 rings (SSSR count). The number of alkyl halides is 1. The fraction of sp³-hybridized carbons (Fsp3) is 0.100. The van der Waals surface area contributed by atoms with Crippen molar-refractivity contribution in [2.75, 3.05) is 0 Å². The fourth-order valence-electron chi connectivity index (χ4n) is 2.06. The molecule has 0 bridgehead atoms. The third-order valence-electron chi connectivity index (χ3n) is 3.47. The Balaban J connectivity index is 0.000000196. The monoisotopic (exact) mass is 348 g/mol. The molecule has 3 aromatic carbocycles. The van der Waals surface area contributed by atoms with E-state index < -0.39 is 18.3 Å². The van der Waals surface area contributed by atoms with Gasteiger partial charge in [-0.15, -0.1) is 0 Å². The number of benzene rings is 3. The Bertz CT molecular complexity index is 799. The first-order chi connectivity index (χ1) is 12.0. The highest BCUT2D eigenvalue weighted by Crippen LogP contribution is 2.20. The molecule has 3 aromatic rings. The largest absolute Gasteiger partial charge is 0.294 e. The average molecular weight is 348 g/mol. The normalized spacial score (nSPS) is 9.96. The third kappa shape index (κ3) is 5.35. The summed E-state index contributed by atoms with van der Waals surface area (Å²) in [6, 6.07) is 18.3. The van der Waals surface area contributed by atoms with Gasteiger partial charge in [-0.3, -0.25) is 4.94 Å². The number of hydrogen-bond acceptors (Lipinski definition) is 1. The van der Waals surface area contributed by atoms with Gasteiger partial charge < -0.3 is 0 Å². The summed E-state index contributed by atoms with van der Waals surface area (Å²) in [6.07, 6.45) is 0. The molecule has 0 saturated heterocycles. The van der Waals surface area contributed by atoms with E-state index in [1.807, 2.05) is 24.3 Å². The van der Waals surface area contributed by atoms with Gasteiger partial charge in [-0.1, -0.05) is 54.1 Å². The maximum absolute atomic E-state index is 12.3. The molecular weight excluding hydrogens is 332 g/mol. The lowest BCUT2D eigenvalue weighted by molar-refractivity contribution is -0.00667. The van der Waals surface area contributed by atoms with Crippen LogP contribution in [0, 0.1) is 18.6 Å². The second-order valence-corrected chi connectivity index (χ2v) is 5.35. The van der Waals surface area contributed by atoms with Crippen LogP contribution in [0.25, 0.3) is 11.1 Å². The van der Waals surface area contributed by atoms with Gasteiger partial charge in [-0.2, -0.15) is 0 Å². The van der Waals surface area contributed by atoms with Gasteiger partial charge in [-0.25, -0.2) is 13.2 Å². The van der Waals surface area contributed by atoms with Gasteiger partial charge in [-0.05, 0) is 35.7 Å². The van der Waals surface area contributed by atoms with Gasteiger partial charge in [0.25, 0.3) is 0 Å². The molecule has 0 amide bonds. The van der Waals surface area contributed by atoms with Crippen molar-refractivity contribution in [2.45, 2.75) is 13.6 Å². The van der Waals surface area contributed by atoms with Crippen LogP contribution in [0.1, 0.15) is 11.1 Å². The summed E-state index contributed by atoms with van der Waals surface area (Å²) < 4.78 is 47.8. The summed E-state index contributed by atoms with van der Waals surface area (Å²) in [7, 11) is 0. The van der Waals surface area contributed by atoms with E-state index in [-0.39, 0.29) is 5.75 Å². The molecule has 130 valence electrons. The van der Waals surface area contributed by atoms with Gasteiger partial charge in [0.2, 0.25) is 0 Å². The number of hydrogen-bond donors (Lipinski definition) is 0. The van der Waals surface area contributed by atoms with Crippen LogP contribution in [-0.4, -0.2) is 0 Å². The molecule has 0 heterocycles. The first kappa shape index (κ1) is 18.5. The van der Waals surface area contributed by atoms with Gasteiger partial charge >= 0.3 is 0 Å². The van der Waals surface area contributed by atoms with Crippen molar-refractivity contribution in [2.24, 2.45) is 0 Å². The van der Waals surface area contributed by atoms with Crippen molar-refractivity contribution in [3.8, 4) is 16.9 Å². The Kier molecular flexibility index (Phi) is 6.57. The van der Waals surface area contributed by atoms with Crippen LogP contribution in [0.4, 0.5) is 17.7 Å². The second kappa shape index (κ2) is 8.87. The van der Waals surface area contributed by atoms with Crippen molar-refractivity contribution >= 4 is 0 Å². The third-order valence-corrected chi connectivity index (χ3v) is 3.47. The summed E-state index contributed by atoms with van der Waals surface area (Å²) in [6.45, 7) is 1.67. The number of aryl methyl sites for hydroxylation is 1. The van der Waals surface area contributed by atoms with Gasteiger partial charge in [0.05, 0.1) is 0 Å². The smallest absolute Gasteiger partial charge is 0.175 e. The zero-order valence-electron chi connectivity index (χ0n) is 13.5. The van der Waals surface area contributed by atoms with Crippen molar-refractivity contribution in [1.82, 2.24) is 0 Å². The maximum atomic E-state index is 12.3. The zero-order chi connectivity index (χ0) is 18.2. The molecule has 0 aliphatic heterocycles. The molecule has 0 N–H and O–H groups in total. The highest BCUT2D eigenvalue weighted by Gasteiger charge is 2.02. The molecule has 0 fully saturated rings. The molecule has 0 unspecified atom stereocenters. The lowest BCUT2D eigenvalue weighted by atomic mass is 10.0. The number of rotatable bonds is 3. The minimum absolute atomic E-state index is 0.348. The molecule has 0 aliphatic carbocycles. The average Bonchev–Trinajstić information content (AvgIpc) is 2.65. The molecule has 0 saturated carbocycles. The molecule has 0 aromatic heterocycles. The van der Waals surface area contributed by atoms with Crippen LogP contribution in [-0.2, 0) is 6.67 Å². The number of halogens is 4. The van der Waals surface area contributed by atoms with Crippen molar-refractivity contribution in [3.63, 3.8) is 0 Å². The molecular formula is C20H16F4O. The van der Waals surface area contributed by atoms with E-state index in [0.29, 0.717) is 6.07 Å². The zero-order valence-corrected chi connectivity index (χ0v) is 13.5. The van der Waals surface area contributed by atoms with Crippen LogP contribution in [0.2, 0.25) is 0 Å². The van der Waals surface area contributed by atoms with E-state index in [2.05, 4.69) is 36.1 Å². The van der Waals surface area contributed by atoms with E-state index >= 15 is 0 Å². The highest BCUT2D eigenvalue weighted by molar-refractivity contribution is 5.63. The van der Waals surface area contributed by atoms with E-state index in [1.54, 1.807) is 0 Å². The van der Waals surface area contributed by atoms with Crippen molar-refractivity contribution in [3.05, 3.63) is 89.5 Å². The summed E-state index contributed by atoms with van der Waals surface area (Å²) in [5, 5.41) is 0. The Labute approximate surface area is 143 Å². The Morgan fingerprint density at radius 3 is 1.80 bits per heavy atom. The molecule has 0 spiro atoms. The maximum Gasteiger partial charge on any atom is 0.175 e. The second-order valence-electron chi connectivity index (χ2n) is 5.35. The Morgan fingerprint density at radius 1 is 0.760 bits per heavy atom. The topological polar surface area (TPSA) is 9.23 Å².